The number of thiophene rings is 1. The van der Waals surface area contributed by atoms with E-state index >= 15 is 0 Å². The average molecular weight is 457 g/mol. The van der Waals surface area contributed by atoms with Gasteiger partial charge in [0, 0.05) is 23.3 Å². The van der Waals surface area contributed by atoms with Crippen LogP contribution in [0, 0.1) is 0 Å². The molecule has 0 aliphatic rings. The van der Waals surface area contributed by atoms with E-state index in [1.54, 1.807) is 26.5 Å². The zero-order chi connectivity index (χ0) is 22.8. The normalized spacial score (nSPS) is 10.8. The zero-order valence-electron chi connectivity index (χ0n) is 18.0. The van der Waals surface area contributed by atoms with E-state index < -0.39 is 0 Å². The van der Waals surface area contributed by atoms with Gasteiger partial charge in [-0.05, 0) is 58.6 Å². The SMILES string of the molecule is COc1cc2nccc(Oc3ccc4cc(NC(=O)c5cccs5)ccc4c3)c2cc1OC. The second-order valence-corrected chi connectivity index (χ2v) is 8.24. The van der Waals surface area contributed by atoms with Gasteiger partial charge in [0.25, 0.3) is 5.91 Å². The number of hydrogen-bond acceptors (Lipinski definition) is 6. The molecule has 0 saturated heterocycles. The number of amides is 1. The van der Waals surface area contributed by atoms with Crippen molar-refractivity contribution in [1.82, 2.24) is 4.98 Å². The highest BCUT2D eigenvalue weighted by Gasteiger charge is 2.12. The van der Waals surface area contributed by atoms with Gasteiger partial charge < -0.3 is 19.5 Å². The van der Waals surface area contributed by atoms with Gasteiger partial charge in [0.15, 0.2) is 11.5 Å². The van der Waals surface area contributed by atoms with Crippen molar-refractivity contribution in [1.29, 1.82) is 0 Å². The summed E-state index contributed by atoms with van der Waals surface area (Å²) in [5.41, 5.74) is 1.49. The van der Waals surface area contributed by atoms with Crippen molar-refractivity contribution in [3.05, 3.63) is 83.2 Å². The number of pyridine rings is 1. The number of carbonyl (C=O) groups excluding carboxylic acids is 1. The quantitative estimate of drug-likeness (QED) is 0.315. The van der Waals surface area contributed by atoms with Crippen molar-refractivity contribution >= 4 is 44.6 Å². The van der Waals surface area contributed by atoms with Crippen LogP contribution in [0.2, 0.25) is 0 Å². The van der Waals surface area contributed by atoms with Crippen LogP contribution in [-0.2, 0) is 0 Å². The lowest BCUT2D eigenvalue weighted by molar-refractivity contribution is 0.103. The largest absolute Gasteiger partial charge is 0.493 e. The Labute approximate surface area is 194 Å². The van der Waals surface area contributed by atoms with Crippen molar-refractivity contribution < 1.29 is 19.0 Å². The molecule has 6 nitrogen and oxygen atoms in total. The maximum atomic E-state index is 12.3. The van der Waals surface area contributed by atoms with Crippen molar-refractivity contribution in [3.63, 3.8) is 0 Å². The van der Waals surface area contributed by atoms with Crippen LogP contribution in [0.4, 0.5) is 5.69 Å². The van der Waals surface area contributed by atoms with Crippen LogP contribution < -0.4 is 19.5 Å². The Morgan fingerprint density at radius 2 is 1.67 bits per heavy atom. The van der Waals surface area contributed by atoms with Crippen molar-refractivity contribution in [3.8, 4) is 23.0 Å². The van der Waals surface area contributed by atoms with E-state index in [0.29, 0.717) is 27.9 Å². The fraction of sp³-hybridized carbons (Fsp3) is 0.0769. The van der Waals surface area contributed by atoms with Crippen LogP contribution in [-0.4, -0.2) is 25.1 Å². The number of aromatic nitrogens is 1. The molecule has 1 N–H and O–H groups in total. The summed E-state index contributed by atoms with van der Waals surface area (Å²) in [5.74, 6) is 2.47. The third-order valence-electron chi connectivity index (χ3n) is 5.25. The predicted octanol–water partition coefficient (Wildman–Crippen LogP) is 6.51. The molecule has 0 unspecified atom stereocenters. The topological polar surface area (TPSA) is 69.7 Å². The minimum atomic E-state index is -0.110. The van der Waals surface area contributed by atoms with Gasteiger partial charge in [0.1, 0.15) is 11.5 Å². The van der Waals surface area contributed by atoms with Crippen molar-refractivity contribution in [2.24, 2.45) is 0 Å². The smallest absolute Gasteiger partial charge is 0.265 e. The number of methoxy groups -OCH3 is 2. The number of nitrogens with one attached hydrogen (secondary N) is 1. The van der Waals surface area contributed by atoms with Gasteiger partial charge in [-0.3, -0.25) is 9.78 Å². The van der Waals surface area contributed by atoms with E-state index in [2.05, 4.69) is 10.3 Å². The third-order valence-corrected chi connectivity index (χ3v) is 6.12. The fourth-order valence-electron chi connectivity index (χ4n) is 3.63. The molecule has 1 amide bonds. The van der Waals surface area contributed by atoms with Crippen molar-refractivity contribution in [2.75, 3.05) is 19.5 Å². The Bertz CT molecular complexity index is 1460. The molecule has 0 saturated carbocycles. The molecule has 0 radical (unpaired) electrons. The van der Waals surface area contributed by atoms with Crippen LogP contribution in [0.25, 0.3) is 21.7 Å². The second kappa shape index (κ2) is 8.80. The maximum absolute atomic E-state index is 12.3. The monoisotopic (exact) mass is 456 g/mol. The summed E-state index contributed by atoms with van der Waals surface area (Å²) in [6, 6.07) is 20.8. The number of rotatable bonds is 6. The zero-order valence-corrected chi connectivity index (χ0v) is 18.8. The fourth-order valence-corrected chi connectivity index (χ4v) is 4.25. The van der Waals surface area contributed by atoms with E-state index in [0.717, 1.165) is 27.4 Å². The highest BCUT2D eigenvalue weighted by molar-refractivity contribution is 7.12. The van der Waals surface area contributed by atoms with Gasteiger partial charge >= 0.3 is 0 Å². The van der Waals surface area contributed by atoms with E-state index in [4.69, 9.17) is 14.2 Å². The third kappa shape index (κ3) is 4.18. The number of ether oxygens (including phenoxy) is 3. The van der Waals surface area contributed by atoms with Crippen LogP contribution in [0.15, 0.2) is 78.3 Å². The van der Waals surface area contributed by atoms with Gasteiger partial charge in [-0.2, -0.15) is 0 Å². The number of hydrogen-bond donors (Lipinski definition) is 1. The summed E-state index contributed by atoms with van der Waals surface area (Å²) in [7, 11) is 3.19. The molecule has 2 aromatic heterocycles. The molecule has 0 bridgehead atoms. The number of carbonyl (C=O) groups is 1. The first-order valence-corrected chi connectivity index (χ1v) is 11.1. The number of benzene rings is 3. The van der Waals surface area contributed by atoms with Crippen molar-refractivity contribution in [2.45, 2.75) is 0 Å². The Morgan fingerprint density at radius 3 is 2.45 bits per heavy atom. The highest BCUT2D eigenvalue weighted by atomic mass is 32.1. The average Bonchev–Trinajstić information content (AvgIpc) is 3.39. The molecular formula is C26H20N2O4S. The van der Waals surface area contributed by atoms with E-state index in [-0.39, 0.29) is 5.91 Å². The van der Waals surface area contributed by atoms with Crippen LogP contribution in [0.3, 0.4) is 0 Å². The number of fused-ring (bicyclic) bond motifs is 2. The molecule has 5 rings (SSSR count). The Hall–Kier alpha value is -4.10. The van der Waals surface area contributed by atoms with Crippen LogP contribution in [0.1, 0.15) is 9.67 Å². The molecule has 0 aliphatic heterocycles. The molecule has 164 valence electrons. The standard InChI is InChI=1S/C26H20N2O4S/c1-30-23-14-20-21(15-24(23)31-2)27-10-9-22(20)32-19-8-6-16-12-18(7-5-17(16)13-19)28-26(29)25-4-3-11-33-25/h3-15H,1-2H3,(H,28,29). The van der Waals surface area contributed by atoms with Gasteiger partial charge in [0.2, 0.25) is 0 Å². The molecule has 33 heavy (non-hydrogen) atoms. The first-order chi connectivity index (χ1) is 16.1. The molecule has 3 aromatic carbocycles. The minimum absolute atomic E-state index is 0.110. The van der Waals surface area contributed by atoms with Gasteiger partial charge in [-0.1, -0.05) is 18.2 Å². The second-order valence-electron chi connectivity index (χ2n) is 7.29. The van der Waals surface area contributed by atoms with Crippen LogP contribution >= 0.6 is 11.3 Å². The molecule has 0 fully saturated rings. The molecule has 0 spiro atoms. The van der Waals surface area contributed by atoms with Gasteiger partial charge in [0.05, 0.1) is 24.6 Å². The molecule has 0 atom stereocenters. The lowest BCUT2D eigenvalue weighted by Crippen LogP contribution is -2.09. The summed E-state index contributed by atoms with van der Waals surface area (Å²) in [4.78, 5) is 17.4. The van der Waals surface area contributed by atoms with Gasteiger partial charge in [-0.25, -0.2) is 0 Å². The Morgan fingerprint density at radius 1 is 0.879 bits per heavy atom. The summed E-state index contributed by atoms with van der Waals surface area (Å²) in [5, 5.41) is 7.64. The Kier molecular flexibility index (Phi) is 5.54. The van der Waals surface area contributed by atoms with E-state index in [1.807, 2.05) is 66.0 Å². The molecule has 2 heterocycles. The Balaban J connectivity index is 1.42. The molecular weight excluding hydrogens is 436 g/mol. The van der Waals surface area contributed by atoms with Gasteiger partial charge in [-0.15, -0.1) is 11.3 Å². The minimum Gasteiger partial charge on any atom is -0.493 e. The predicted molar refractivity (Wildman–Crippen MR) is 131 cm³/mol. The number of nitrogens with zero attached hydrogens (tertiary/aromatic N) is 1. The molecule has 0 aliphatic carbocycles. The first-order valence-electron chi connectivity index (χ1n) is 10.2. The lowest BCUT2D eigenvalue weighted by atomic mass is 10.1. The molecule has 5 aromatic rings. The lowest BCUT2D eigenvalue weighted by Gasteiger charge is -2.13. The highest BCUT2D eigenvalue weighted by Crippen LogP contribution is 2.37. The van der Waals surface area contributed by atoms with E-state index in [9.17, 15) is 4.79 Å². The van der Waals surface area contributed by atoms with Crippen LogP contribution in [0.5, 0.6) is 23.0 Å². The van der Waals surface area contributed by atoms with E-state index in [1.165, 1.54) is 11.3 Å². The summed E-state index contributed by atoms with van der Waals surface area (Å²) in [6.45, 7) is 0. The summed E-state index contributed by atoms with van der Waals surface area (Å²) >= 11 is 1.41. The first kappa shape index (κ1) is 20.8. The molecule has 7 heteroatoms. The summed E-state index contributed by atoms with van der Waals surface area (Å²) < 4.78 is 17.0. The summed E-state index contributed by atoms with van der Waals surface area (Å²) in [6.07, 6.45) is 1.70. The number of anilines is 1. The maximum Gasteiger partial charge on any atom is 0.265 e.